The van der Waals surface area contributed by atoms with Crippen LogP contribution in [-0.4, -0.2) is 26.8 Å². The van der Waals surface area contributed by atoms with E-state index >= 15 is 0 Å². The van der Waals surface area contributed by atoms with Crippen molar-refractivity contribution in [3.63, 3.8) is 0 Å². The summed E-state index contributed by atoms with van der Waals surface area (Å²) in [6, 6.07) is 11.1. The smallest absolute Gasteiger partial charge is 0.410 e. The van der Waals surface area contributed by atoms with Crippen LogP contribution >= 0.6 is 11.6 Å². The number of nitrogens with one attached hydrogen (secondary N) is 2. The number of amides is 1. The largest absolute Gasteiger partial charge is 0.457 e. The Bertz CT molecular complexity index is 1740. The minimum atomic E-state index is -4.75. The Labute approximate surface area is 246 Å². The fraction of sp³-hybridized carbons (Fsp3) is 0.241. The van der Waals surface area contributed by atoms with E-state index in [1.807, 2.05) is 12.1 Å². The third-order valence-corrected chi connectivity index (χ3v) is 7.81. The van der Waals surface area contributed by atoms with Gasteiger partial charge in [0.15, 0.2) is 11.7 Å². The molecule has 0 bridgehead atoms. The first-order valence-corrected chi connectivity index (χ1v) is 13.6. The van der Waals surface area contributed by atoms with Crippen molar-refractivity contribution in [1.29, 1.82) is 0 Å². The zero-order chi connectivity index (χ0) is 30.5. The van der Waals surface area contributed by atoms with Crippen LogP contribution in [0.3, 0.4) is 0 Å². The molecular formula is C29H22ClF4N5O4. The first-order chi connectivity index (χ1) is 20.5. The number of carbonyl (C=O) groups excluding carboxylic acids is 1. The van der Waals surface area contributed by atoms with Gasteiger partial charge in [0.2, 0.25) is 0 Å². The Morgan fingerprint density at radius 2 is 1.81 bits per heavy atom. The predicted molar refractivity (Wildman–Crippen MR) is 149 cm³/mol. The van der Waals surface area contributed by atoms with Gasteiger partial charge in [-0.05, 0) is 60.2 Å². The van der Waals surface area contributed by atoms with E-state index in [2.05, 4.69) is 15.7 Å². The van der Waals surface area contributed by atoms with E-state index < -0.39 is 47.0 Å². The number of anilines is 2. The molecular weight excluding hydrogens is 594 g/mol. The fourth-order valence-electron chi connectivity index (χ4n) is 5.41. The number of nitro groups is 1. The molecule has 222 valence electrons. The molecule has 14 heteroatoms. The summed E-state index contributed by atoms with van der Waals surface area (Å²) in [6.45, 7) is 0. The molecule has 1 aromatic heterocycles. The van der Waals surface area contributed by atoms with Crippen LogP contribution in [0.15, 0.2) is 60.7 Å². The van der Waals surface area contributed by atoms with Crippen LogP contribution in [0.5, 0.6) is 11.5 Å². The molecule has 1 aliphatic heterocycles. The minimum absolute atomic E-state index is 0.0538. The predicted octanol–water partition coefficient (Wildman–Crippen LogP) is 7.78. The molecule has 0 radical (unpaired) electrons. The highest BCUT2D eigenvalue weighted by Gasteiger charge is 2.48. The molecule has 0 saturated carbocycles. The van der Waals surface area contributed by atoms with E-state index in [0.29, 0.717) is 16.0 Å². The van der Waals surface area contributed by atoms with Crippen LogP contribution < -0.4 is 15.4 Å². The standard InChI is InChI=1S/C29H22ClF4N5O4/c30-25-26(37-38-24(29(32,33)34)14-23(36-27(25)38)16-4-7-18(31)8-5-16)28(40)35-19-11-20(39(41)42)13-22(12-19)43-21-9-6-15-2-1-3-17(15)10-21/h4-13,23-24,36H,1-3,14H2,(H,35,40). The van der Waals surface area contributed by atoms with Gasteiger partial charge in [-0.2, -0.15) is 18.3 Å². The Kier molecular flexibility index (Phi) is 7.20. The maximum Gasteiger partial charge on any atom is 0.410 e. The SMILES string of the molecule is O=C(Nc1cc(Oc2ccc3c(c2)CCC3)cc([N+](=O)[O-])c1)c1nn2c(c1Cl)NC(c1ccc(F)cc1)CC2C(F)(F)F. The zero-order valence-corrected chi connectivity index (χ0v) is 22.9. The molecule has 3 aromatic carbocycles. The van der Waals surface area contributed by atoms with Crippen LogP contribution in [0.2, 0.25) is 5.02 Å². The van der Waals surface area contributed by atoms with Crippen molar-refractivity contribution < 1.29 is 32.0 Å². The lowest BCUT2D eigenvalue weighted by Crippen LogP contribution is -2.35. The topological polar surface area (TPSA) is 111 Å². The highest BCUT2D eigenvalue weighted by molar-refractivity contribution is 6.36. The molecule has 9 nitrogen and oxygen atoms in total. The number of nitrogens with zero attached hydrogens (tertiary/aromatic N) is 3. The average Bonchev–Trinajstić information content (AvgIpc) is 3.56. The third kappa shape index (κ3) is 5.72. The monoisotopic (exact) mass is 615 g/mol. The Hall–Kier alpha value is -4.65. The number of halogens is 5. The maximum atomic E-state index is 14.1. The molecule has 0 saturated heterocycles. The molecule has 2 N–H and O–H groups in total. The van der Waals surface area contributed by atoms with E-state index in [1.165, 1.54) is 29.8 Å². The van der Waals surface area contributed by atoms with Crippen molar-refractivity contribution in [3.05, 3.63) is 104 Å². The van der Waals surface area contributed by atoms with Gasteiger partial charge in [-0.3, -0.25) is 14.9 Å². The number of fused-ring (bicyclic) bond motifs is 2. The quantitative estimate of drug-likeness (QED) is 0.130. The molecule has 4 aromatic rings. The second-order valence-corrected chi connectivity index (χ2v) is 10.7. The molecule has 2 aliphatic rings. The number of hydrogen-bond acceptors (Lipinski definition) is 6. The van der Waals surface area contributed by atoms with Crippen LogP contribution in [0.4, 0.5) is 34.8 Å². The molecule has 0 spiro atoms. The van der Waals surface area contributed by atoms with Crippen LogP contribution in [-0.2, 0) is 12.8 Å². The molecule has 6 rings (SSSR count). The molecule has 0 fully saturated rings. The van der Waals surface area contributed by atoms with Gasteiger partial charge in [-0.25, -0.2) is 9.07 Å². The molecule has 2 unspecified atom stereocenters. The van der Waals surface area contributed by atoms with Gasteiger partial charge in [0.25, 0.3) is 11.6 Å². The lowest BCUT2D eigenvalue weighted by atomic mass is 9.97. The van der Waals surface area contributed by atoms with Crippen molar-refractivity contribution >= 4 is 34.7 Å². The number of rotatable bonds is 6. The van der Waals surface area contributed by atoms with Crippen molar-refractivity contribution in [2.24, 2.45) is 0 Å². The van der Waals surface area contributed by atoms with E-state index in [9.17, 15) is 32.5 Å². The van der Waals surface area contributed by atoms with Gasteiger partial charge in [0.05, 0.1) is 22.7 Å². The lowest BCUT2D eigenvalue weighted by molar-refractivity contribution is -0.384. The summed E-state index contributed by atoms with van der Waals surface area (Å²) in [4.78, 5) is 24.2. The summed E-state index contributed by atoms with van der Waals surface area (Å²) in [5, 5.41) is 20.4. The Morgan fingerprint density at radius 1 is 1.07 bits per heavy atom. The summed E-state index contributed by atoms with van der Waals surface area (Å²) in [7, 11) is 0. The first-order valence-electron chi connectivity index (χ1n) is 13.2. The zero-order valence-electron chi connectivity index (χ0n) is 22.1. The summed E-state index contributed by atoms with van der Waals surface area (Å²) in [5.41, 5.74) is 1.77. The third-order valence-electron chi connectivity index (χ3n) is 7.45. The van der Waals surface area contributed by atoms with Crippen molar-refractivity contribution in [2.75, 3.05) is 10.6 Å². The second kappa shape index (κ2) is 10.9. The highest BCUT2D eigenvalue weighted by Crippen LogP contribution is 2.46. The molecule has 1 amide bonds. The number of aromatic nitrogens is 2. The maximum absolute atomic E-state index is 14.1. The van der Waals surface area contributed by atoms with Crippen molar-refractivity contribution in [2.45, 2.75) is 43.9 Å². The number of benzene rings is 3. The Morgan fingerprint density at radius 3 is 2.53 bits per heavy atom. The van der Waals surface area contributed by atoms with Gasteiger partial charge in [-0.15, -0.1) is 0 Å². The van der Waals surface area contributed by atoms with E-state index in [1.54, 1.807) is 6.07 Å². The van der Waals surface area contributed by atoms with Gasteiger partial charge in [0.1, 0.15) is 28.2 Å². The number of alkyl halides is 3. The van der Waals surface area contributed by atoms with E-state index in [-0.39, 0.29) is 28.0 Å². The van der Waals surface area contributed by atoms with Gasteiger partial charge in [0, 0.05) is 18.6 Å². The number of ether oxygens (including phenoxy) is 1. The highest BCUT2D eigenvalue weighted by atomic mass is 35.5. The van der Waals surface area contributed by atoms with Crippen LogP contribution in [0, 0.1) is 15.9 Å². The summed E-state index contributed by atoms with van der Waals surface area (Å²) in [6.07, 6.45) is -2.35. The van der Waals surface area contributed by atoms with Gasteiger partial charge >= 0.3 is 6.18 Å². The summed E-state index contributed by atoms with van der Waals surface area (Å²) in [5.74, 6) is -1.25. The fourth-order valence-corrected chi connectivity index (χ4v) is 5.67. The van der Waals surface area contributed by atoms with Gasteiger partial charge < -0.3 is 15.4 Å². The minimum Gasteiger partial charge on any atom is -0.457 e. The summed E-state index contributed by atoms with van der Waals surface area (Å²) < 4.78 is 62.2. The van der Waals surface area contributed by atoms with E-state index in [0.717, 1.165) is 43.0 Å². The molecule has 2 heterocycles. The van der Waals surface area contributed by atoms with Crippen LogP contribution in [0.25, 0.3) is 0 Å². The molecule has 43 heavy (non-hydrogen) atoms. The molecule has 1 aliphatic carbocycles. The Balaban J connectivity index is 1.29. The number of hydrogen-bond donors (Lipinski definition) is 2. The average molecular weight is 616 g/mol. The number of carbonyl (C=O) groups is 1. The first kappa shape index (κ1) is 28.5. The van der Waals surface area contributed by atoms with Crippen molar-refractivity contribution in [1.82, 2.24) is 9.78 Å². The summed E-state index contributed by atoms with van der Waals surface area (Å²) >= 11 is 6.40. The normalized spacial score (nSPS) is 17.5. The van der Waals surface area contributed by atoms with Crippen LogP contribution in [0.1, 0.15) is 52.1 Å². The number of aryl methyl sites for hydroxylation is 2. The van der Waals surface area contributed by atoms with E-state index in [4.69, 9.17) is 16.3 Å². The van der Waals surface area contributed by atoms with Crippen molar-refractivity contribution in [3.8, 4) is 11.5 Å². The van der Waals surface area contributed by atoms with Gasteiger partial charge in [-0.1, -0.05) is 29.8 Å². The lowest BCUT2D eigenvalue weighted by Gasteiger charge is -2.33. The second-order valence-electron chi connectivity index (χ2n) is 10.3. The number of non-ortho nitro benzene ring substituents is 1. The number of nitro benzene ring substituents is 1. The molecule has 2 atom stereocenters.